The van der Waals surface area contributed by atoms with E-state index in [1.165, 1.54) is 81.7 Å². The van der Waals surface area contributed by atoms with Gasteiger partial charge in [-0.15, -0.1) is 11.8 Å². The molecule has 1 aromatic rings. The quantitative estimate of drug-likeness (QED) is 0.630. The van der Waals surface area contributed by atoms with Gasteiger partial charge in [0.05, 0.1) is 6.04 Å². The first-order valence-electron chi connectivity index (χ1n) is 9.16. The summed E-state index contributed by atoms with van der Waals surface area (Å²) in [5.74, 6) is 0. The van der Waals surface area contributed by atoms with Crippen LogP contribution in [0.1, 0.15) is 44.1 Å². The summed E-state index contributed by atoms with van der Waals surface area (Å²) in [4.78, 5) is 5.08. The van der Waals surface area contributed by atoms with Gasteiger partial charge in [-0.05, 0) is 44.1 Å². The Bertz CT molecular complexity index is 429. The maximum Gasteiger partial charge on any atom is 0.127 e. The van der Waals surface area contributed by atoms with Gasteiger partial charge in [0.2, 0.25) is 0 Å². The second kappa shape index (κ2) is 8.37. The highest BCUT2D eigenvalue weighted by Gasteiger charge is 2.29. The van der Waals surface area contributed by atoms with Gasteiger partial charge in [0.15, 0.2) is 0 Å². The minimum atomic E-state index is 0.977. The molecular weight excluding hydrogens is 288 g/mol. The highest BCUT2D eigenvalue weighted by molar-refractivity contribution is 7.98. The van der Waals surface area contributed by atoms with Crippen LogP contribution < -0.4 is 9.80 Å². The summed E-state index contributed by atoms with van der Waals surface area (Å²) in [6.45, 7) is 6.71. The van der Waals surface area contributed by atoms with Gasteiger partial charge >= 0.3 is 0 Å². The highest BCUT2D eigenvalue weighted by atomic mass is 32.2. The van der Waals surface area contributed by atoms with Crippen molar-refractivity contribution >= 4 is 11.8 Å². The van der Waals surface area contributed by atoms with Crippen LogP contribution in [0.4, 0.5) is 0 Å². The van der Waals surface area contributed by atoms with E-state index in [1.807, 2.05) is 16.7 Å². The first-order valence-corrected chi connectivity index (χ1v) is 10.4. The van der Waals surface area contributed by atoms with Gasteiger partial charge in [0, 0.05) is 10.5 Å². The first-order chi connectivity index (χ1) is 10.8. The summed E-state index contributed by atoms with van der Waals surface area (Å²) < 4.78 is 0. The molecule has 0 spiro atoms. The molecule has 1 aliphatic carbocycles. The first kappa shape index (κ1) is 16.4. The van der Waals surface area contributed by atoms with Crippen LogP contribution in [0.5, 0.6) is 0 Å². The SMILES string of the molecule is CSc1ccc(C[NH+]2CC[NH+](C3CCCCCC3)CC2)cc1. The van der Waals surface area contributed by atoms with E-state index in [9.17, 15) is 0 Å². The summed E-state index contributed by atoms with van der Waals surface area (Å²) in [6, 6.07) is 10.2. The average molecular weight is 321 g/mol. The molecule has 1 saturated heterocycles. The summed E-state index contributed by atoms with van der Waals surface area (Å²) in [5.41, 5.74) is 1.51. The van der Waals surface area contributed by atoms with Crippen LogP contribution in [-0.4, -0.2) is 38.5 Å². The number of rotatable bonds is 4. The third-order valence-electron chi connectivity index (χ3n) is 5.65. The molecule has 1 aliphatic heterocycles. The number of quaternary nitrogens is 2. The topological polar surface area (TPSA) is 8.88 Å². The zero-order chi connectivity index (χ0) is 15.2. The van der Waals surface area contributed by atoms with Crippen molar-refractivity contribution in [3.8, 4) is 0 Å². The fraction of sp³-hybridized carbons (Fsp3) is 0.684. The van der Waals surface area contributed by atoms with Gasteiger partial charge in [-0.1, -0.05) is 25.0 Å². The monoisotopic (exact) mass is 320 g/mol. The van der Waals surface area contributed by atoms with Crippen LogP contribution in [0.15, 0.2) is 29.2 Å². The minimum Gasteiger partial charge on any atom is -0.323 e. The summed E-state index contributed by atoms with van der Waals surface area (Å²) >= 11 is 1.83. The van der Waals surface area contributed by atoms with Crippen molar-refractivity contribution in [2.75, 3.05) is 32.4 Å². The Morgan fingerprint density at radius 3 is 2.14 bits per heavy atom. The molecule has 0 bridgehead atoms. The molecule has 1 saturated carbocycles. The summed E-state index contributed by atoms with van der Waals surface area (Å²) in [5, 5.41) is 0. The molecule has 0 unspecified atom stereocenters. The lowest BCUT2D eigenvalue weighted by atomic mass is 10.1. The second-order valence-electron chi connectivity index (χ2n) is 7.12. The fourth-order valence-corrected chi connectivity index (χ4v) is 4.64. The number of benzene rings is 1. The number of hydrogen-bond donors (Lipinski definition) is 2. The molecular formula is C19H32N2S+2. The molecule has 1 aromatic carbocycles. The predicted molar refractivity (Wildman–Crippen MR) is 94.8 cm³/mol. The van der Waals surface area contributed by atoms with Crippen LogP contribution in [0, 0.1) is 0 Å². The third-order valence-corrected chi connectivity index (χ3v) is 6.39. The van der Waals surface area contributed by atoms with E-state index >= 15 is 0 Å². The molecule has 3 rings (SSSR count). The van der Waals surface area contributed by atoms with Crippen molar-refractivity contribution < 1.29 is 9.80 Å². The molecule has 0 radical (unpaired) electrons. The molecule has 22 heavy (non-hydrogen) atoms. The van der Waals surface area contributed by atoms with Gasteiger partial charge in [-0.3, -0.25) is 0 Å². The predicted octanol–water partition coefficient (Wildman–Crippen LogP) is 1.41. The van der Waals surface area contributed by atoms with Gasteiger partial charge in [-0.2, -0.15) is 0 Å². The number of hydrogen-bond acceptors (Lipinski definition) is 1. The van der Waals surface area contributed by atoms with Crippen LogP contribution >= 0.6 is 11.8 Å². The maximum atomic E-state index is 2.32. The lowest BCUT2D eigenvalue weighted by Gasteiger charge is -2.34. The molecule has 0 atom stereocenters. The second-order valence-corrected chi connectivity index (χ2v) is 8.00. The lowest BCUT2D eigenvalue weighted by molar-refractivity contribution is -1.03. The van der Waals surface area contributed by atoms with E-state index in [0.717, 1.165) is 6.04 Å². The van der Waals surface area contributed by atoms with E-state index in [0.29, 0.717) is 0 Å². The Kier molecular flexibility index (Phi) is 6.22. The van der Waals surface area contributed by atoms with Crippen LogP contribution in [-0.2, 0) is 6.54 Å². The fourth-order valence-electron chi connectivity index (χ4n) is 4.23. The van der Waals surface area contributed by atoms with Gasteiger partial charge < -0.3 is 9.80 Å². The van der Waals surface area contributed by atoms with Gasteiger partial charge in [-0.25, -0.2) is 0 Å². The highest BCUT2D eigenvalue weighted by Crippen LogP contribution is 2.16. The maximum absolute atomic E-state index is 2.32. The lowest BCUT2D eigenvalue weighted by Crippen LogP contribution is -3.29. The van der Waals surface area contributed by atoms with E-state index < -0.39 is 0 Å². The van der Waals surface area contributed by atoms with Crippen molar-refractivity contribution in [2.24, 2.45) is 0 Å². The molecule has 0 aromatic heterocycles. The molecule has 3 heteroatoms. The standard InChI is InChI=1S/C19H30N2S/c1-22-19-10-8-17(9-11-19)16-20-12-14-21(15-13-20)18-6-4-2-3-5-7-18/h8-11,18H,2-7,12-16H2,1H3/p+2. The van der Waals surface area contributed by atoms with Crippen molar-refractivity contribution in [1.29, 1.82) is 0 Å². The Morgan fingerprint density at radius 2 is 1.55 bits per heavy atom. The largest absolute Gasteiger partial charge is 0.323 e. The molecule has 2 N–H and O–H groups in total. The van der Waals surface area contributed by atoms with E-state index in [4.69, 9.17) is 0 Å². The smallest absolute Gasteiger partial charge is 0.127 e. The summed E-state index contributed by atoms with van der Waals surface area (Å²) in [7, 11) is 0. The zero-order valence-corrected chi connectivity index (χ0v) is 14.9. The molecule has 0 amide bonds. The number of nitrogens with one attached hydrogen (secondary N) is 2. The van der Waals surface area contributed by atoms with Gasteiger partial charge in [0.25, 0.3) is 0 Å². The van der Waals surface area contributed by atoms with Crippen molar-refractivity contribution in [3.63, 3.8) is 0 Å². The molecule has 1 heterocycles. The van der Waals surface area contributed by atoms with Crippen LogP contribution in [0.25, 0.3) is 0 Å². The Balaban J connectivity index is 1.46. The third kappa shape index (κ3) is 4.50. The van der Waals surface area contributed by atoms with Crippen molar-refractivity contribution in [1.82, 2.24) is 0 Å². The van der Waals surface area contributed by atoms with E-state index in [1.54, 1.807) is 4.90 Å². The van der Waals surface area contributed by atoms with E-state index in [2.05, 4.69) is 30.5 Å². The molecule has 2 fully saturated rings. The normalized spacial score (nSPS) is 27.5. The Labute approximate surface area is 140 Å². The molecule has 2 nitrogen and oxygen atoms in total. The van der Waals surface area contributed by atoms with Crippen LogP contribution in [0.2, 0.25) is 0 Å². The summed E-state index contributed by atoms with van der Waals surface area (Å²) in [6.07, 6.45) is 11.0. The Morgan fingerprint density at radius 1 is 0.909 bits per heavy atom. The average Bonchev–Trinajstić information content (AvgIpc) is 2.86. The van der Waals surface area contributed by atoms with Crippen molar-refractivity contribution in [3.05, 3.63) is 29.8 Å². The number of thioether (sulfide) groups is 1. The van der Waals surface area contributed by atoms with Crippen molar-refractivity contribution in [2.45, 2.75) is 56.0 Å². The minimum absolute atomic E-state index is 0.977. The van der Waals surface area contributed by atoms with Crippen LogP contribution in [0.3, 0.4) is 0 Å². The Hall–Kier alpha value is -0.510. The zero-order valence-electron chi connectivity index (χ0n) is 14.1. The van der Waals surface area contributed by atoms with Gasteiger partial charge in [0.1, 0.15) is 32.7 Å². The molecule has 122 valence electrons. The van der Waals surface area contributed by atoms with E-state index in [-0.39, 0.29) is 0 Å². The molecule has 2 aliphatic rings. The number of piperazine rings is 1.